The standard InChI is InChI=1S/C39H60O7/c1-4-5-6-7-29-8-10-31(11-9-29)33-12-14-36-21-34(13-15-35(36)20-33)32-16-18-37(19-17-32)44-24-30(25-45-38(42)27(2)22-40)26-46-39(43)28(3)23-41/h8-11,30,32-38,40-42H,2-7,12-26H2,1H3. The SMILES string of the molecule is C=C(CO)C(=O)OCC(COC1CCC(C2CCC3CC(c4ccc(CCCCC)cc4)CCC3C2)CC1)COC(O)C(=C)CO. The molecule has 1 aromatic carbocycles. The maximum absolute atomic E-state index is 12.0. The molecule has 1 aromatic rings. The first-order valence-corrected chi connectivity index (χ1v) is 18.1. The van der Waals surface area contributed by atoms with Crippen molar-refractivity contribution in [3.8, 4) is 0 Å². The topological polar surface area (TPSA) is 105 Å². The minimum Gasteiger partial charge on any atom is -0.462 e. The van der Waals surface area contributed by atoms with Crippen LogP contribution in [0.1, 0.15) is 107 Å². The molecule has 0 aromatic heterocycles. The zero-order valence-electron chi connectivity index (χ0n) is 28.3. The van der Waals surface area contributed by atoms with Gasteiger partial charge in [0, 0.05) is 11.5 Å². The van der Waals surface area contributed by atoms with Crippen LogP contribution < -0.4 is 0 Å². The van der Waals surface area contributed by atoms with Crippen LogP contribution in [0.4, 0.5) is 0 Å². The molecule has 0 heterocycles. The molecule has 0 saturated heterocycles. The van der Waals surface area contributed by atoms with E-state index >= 15 is 0 Å². The summed E-state index contributed by atoms with van der Waals surface area (Å²) in [6.07, 6.45) is 16.6. The van der Waals surface area contributed by atoms with Gasteiger partial charge in [0.15, 0.2) is 6.29 Å². The van der Waals surface area contributed by atoms with Crippen LogP contribution in [0.5, 0.6) is 0 Å². The number of hydrogen-bond donors (Lipinski definition) is 3. The van der Waals surface area contributed by atoms with Crippen molar-refractivity contribution in [2.45, 2.75) is 115 Å². The first-order chi connectivity index (χ1) is 22.3. The van der Waals surface area contributed by atoms with Crippen LogP contribution in [-0.2, 0) is 25.4 Å². The molecule has 258 valence electrons. The van der Waals surface area contributed by atoms with Gasteiger partial charge in [-0.25, -0.2) is 4.79 Å². The lowest BCUT2D eigenvalue weighted by molar-refractivity contribution is -0.145. The number of fused-ring (bicyclic) bond motifs is 1. The molecule has 3 saturated carbocycles. The van der Waals surface area contributed by atoms with Crippen molar-refractivity contribution in [1.29, 1.82) is 0 Å². The summed E-state index contributed by atoms with van der Waals surface area (Å²) in [5, 5.41) is 28.4. The average Bonchev–Trinajstić information content (AvgIpc) is 3.10. The Hall–Kier alpha value is -2.03. The molecular weight excluding hydrogens is 580 g/mol. The smallest absolute Gasteiger partial charge is 0.335 e. The van der Waals surface area contributed by atoms with Gasteiger partial charge in [-0.3, -0.25) is 0 Å². The van der Waals surface area contributed by atoms with Crippen LogP contribution in [0, 0.1) is 29.6 Å². The van der Waals surface area contributed by atoms with Crippen molar-refractivity contribution >= 4 is 5.97 Å². The highest BCUT2D eigenvalue weighted by molar-refractivity contribution is 5.87. The summed E-state index contributed by atoms with van der Waals surface area (Å²) in [7, 11) is 0. The summed E-state index contributed by atoms with van der Waals surface area (Å²) in [5.41, 5.74) is 3.20. The lowest BCUT2D eigenvalue weighted by Crippen LogP contribution is -2.35. The molecule has 3 N–H and O–H groups in total. The van der Waals surface area contributed by atoms with Crippen LogP contribution in [-0.4, -0.2) is 66.7 Å². The van der Waals surface area contributed by atoms with Crippen LogP contribution in [0.15, 0.2) is 48.6 Å². The summed E-state index contributed by atoms with van der Waals surface area (Å²) in [6, 6.07) is 9.61. The van der Waals surface area contributed by atoms with E-state index in [9.17, 15) is 15.0 Å². The van der Waals surface area contributed by atoms with Crippen LogP contribution in [0.25, 0.3) is 0 Å². The number of ether oxygens (including phenoxy) is 3. The fraction of sp³-hybridized carbons (Fsp3) is 0.718. The van der Waals surface area contributed by atoms with E-state index in [-0.39, 0.29) is 43.0 Å². The molecule has 0 spiro atoms. The van der Waals surface area contributed by atoms with Crippen LogP contribution in [0.3, 0.4) is 0 Å². The average molecular weight is 641 g/mol. The number of benzene rings is 1. The maximum Gasteiger partial charge on any atom is 0.335 e. The second-order valence-electron chi connectivity index (χ2n) is 14.4. The quantitative estimate of drug-likeness (QED) is 0.0528. The second kappa shape index (κ2) is 19.1. The third-order valence-electron chi connectivity index (χ3n) is 11.1. The number of rotatable bonds is 18. The number of hydrogen-bond acceptors (Lipinski definition) is 7. The molecule has 0 radical (unpaired) electrons. The number of aliphatic hydroxyl groups excluding tert-OH is 3. The fourth-order valence-electron chi connectivity index (χ4n) is 8.12. The fourth-order valence-corrected chi connectivity index (χ4v) is 8.12. The molecule has 3 fully saturated rings. The Labute approximate surface area is 277 Å². The van der Waals surface area contributed by atoms with E-state index in [1.165, 1.54) is 82.6 Å². The van der Waals surface area contributed by atoms with Gasteiger partial charge in [0.1, 0.15) is 0 Å². The molecular formula is C39H60O7. The van der Waals surface area contributed by atoms with Crippen LogP contribution >= 0.6 is 0 Å². The molecule has 0 amide bonds. The van der Waals surface area contributed by atoms with Gasteiger partial charge in [0.25, 0.3) is 0 Å². The summed E-state index contributed by atoms with van der Waals surface area (Å²) in [4.78, 5) is 12.0. The Morgan fingerprint density at radius 3 is 2.15 bits per heavy atom. The Kier molecular flexibility index (Phi) is 15.3. The van der Waals surface area contributed by atoms with E-state index in [0.717, 1.165) is 42.4 Å². The Morgan fingerprint density at radius 2 is 1.48 bits per heavy atom. The van der Waals surface area contributed by atoms with Crippen molar-refractivity contribution < 1.29 is 34.3 Å². The molecule has 0 aliphatic heterocycles. The Morgan fingerprint density at radius 1 is 0.826 bits per heavy atom. The number of esters is 1. The normalized spacial score (nSPS) is 27.7. The monoisotopic (exact) mass is 640 g/mol. The third-order valence-corrected chi connectivity index (χ3v) is 11.1. The van der Waals surface area contributed by atoms with Crippen LogP contribution in [0.2, 0.25) is 0 Å². The molecule has 7 nitrogen and oxygen atoms in total. The maximum atomic E-state index is 12.0. The third kappa shape index (κ3) is 11.0. The first-order valence-electron chi connectivity index (χ1n) is 18.1. The zero-order valence-corrected chi connectivity index (χ0v) is 28.3. The number of aliphatic hydroxyl groups is 3. The van der Waals surface area contributed by atoms with E-state index in [1.807, 2.05) is 0 Å². The van der Waals surface area contributed by atoms with Gasteiger partial charge in [0.05, 0.1) is 44.7 Å². The second-order valence-corrected chi connectivity index (χ2v) is 14.4. The van der Waals surface area contributed by atoms with Crippen molar-refractivity contribution in [2.75, 3.05) is 33.0 Å². The summed E-state index contributed by atoms with van der Waals surface area (Å²) in [5.74, 6) is 3.14. The first kappa shape index (κ1) is 36.8. The van der Waals surface area contributed by atoms with E-state index in [4.69, 9.17) is 19.3 Å². The Bertz CT molecular complexity index is 1080. The molecule has 3 aliphatic rings. The molecule has 46 heavy (non-hydrogen) atoms. The lowest BCUT2D eigenvalue weighted by atomic mass is 9.60. The molecule has 6 unspecified atom stereocenters. The van der Waals surface area contributed by atoms with Gasteiger partial charge in [0.2, 0.25) is 0 Å². The van der Waals surface area contributed by atoms with Gasteiger partial charge in [-0.15, -0.1) is 0 Å². The summed E-state index contributed by atoms with van der Waals surface area (Å²) < 4.78 is 17.1. The van der Waals surface area contributed by atoms with Gasteiger partial charge < -0.3 is 29.5 Å². The largest absolute Gasteiger partial charge is 0.462 e. The van der Waals surface area contributed by atoms with Crippen molar-refractivity contribution in [1.82, 2.24) is 0 Å². The lowest BCUT2D eigenvalue weighted by Gasteiger charge is -2.45. The predicted molar refractivity (Wildman–Crippen MR) is 181 cm³/mol. The zero-order chi connectivity index (χ0) is 32.9. The minimum absolute atomic E-state index is 0.0152. The van der Waals surface area contributed by atoms with Gasteiger partial charge >= 0.3 is 5.97 Å². The minimum atomic E-state index is -1.30. The van der Waals surface area contributed by atoms with E-state index in [1.54, 1.807) is 5.56 Å². The van der Waals surface area contributed by atoms with E-state index in [0.29, 0.717) is 6.61 Å². The Balaban J connectivity index is 1.18. The van der Waals surface area contributed by atoms with Gasteiger partial charge in [-0.1, -0.05) is 57.2 Å². The highest BCUT2D eigenvalue weighted by atomic mass is 16.6. The highest BCUT2D eigenvalue weighted by Crippen LogP contribution is 2.50. The van der Waals surface area contributed by atoms with E-state index in [2.05, 4.69) is 44.3 Å². The van der Waals surface area contributed by atoms with Crippen molar-refractivity contribution in [3.63, 3.8) is 0 Å². The molecule has 6 atom stereocenters. The van der Waals surface area contributed by atoms with Gasteiger partial charge in [-0.05, 0) is 118 Å². The van der Waals surface area contributed by atoms with Crippen molar-refractivity contribution in [2.24, 2.45) is 29.6 Å². The number of unbranched alkanes of at least 4 members (excludes halogenated alkanes) is 2. The predicted octanol–water partition coefficient (Wildman–Crippen LogP) is 6.89. The van der Waals surface area contributed by atoms with Crippen molar-refractivity contribution in [3.05, 3.63) is 59.7 Å². The molecule has 4 rings (SSSR count). The van der Waals surface area contributed by atoms with E-state index < -0.39 is 18.9 Å². The molecule has 7 heteroatoms. The highest BCUT2D eigenvalue weighted by Gasteiger charge is 2.39. The molecule has 0 bridgehead atoms. The molecule has 3 aliphatic carbocycles. The number of aryl methyl sites for hydroxylation is 1. The summed E-state index contributed by atoms with van der Waals surface area (Å²) >= 11 is 0. The van der Waals surface area contributed by atoms with Gasteiger partial charge in [-0.2, -0.15) is 0 Å². The number of carbonyl (C=O) groups is 1. The number of carbonyl (C=O) groups excluding carboxylic acids is 1. The summed E-state index contributed by atoms with van der Waals surface area (Å²) in [6.45, 7) is 8.93.